The van der Waals surface area contributed by atoms with Crippen LogP contribution in [0.3, 0.4) is 0 Å². The minimum atomic E-state index is -0.219. The van der Waals surface area contributed by atoms with E-state index in [1.54, 1.807) is 24.3 Å². The topological polar surface area (TPSA) is 58.6 Å². The van der Waals surface area contributed by atoms with E-state index in [1.165, 1.54) is 6.08 Å². The highest BCUT2D eigenvalue weighted by Crippen LogP contribution is 2.28. The number of fused-ring (bicyclic) bond motifs is 1. The SMILES string of the molecule is CN(C)c1ccc(/C=C/C(=O)c2ccc3c(c2)NC(=O)CO3)cc1. The lowest BCUT2D eigenvalue weighted by Crippen LogP contribution is -2.25. The van der Waals surface area contributed by atoms with E-state index in [-0.39, 0.29) is 18.3 Å². The maximum Gasteiger partial charge on any atom is 0.262 e. The molecule has 24 heavy (non-hydrogen) atoms. The molecular formula is C19H18N2O3. The average molecular weight is 322 g/mol. The first kappa shape index (κ1) is 15.8. The van der Waals surface area contributed by atoms with Gasteiger partial charge in [0, 0.05) is 25.3 Å². The predicted octanol–water partition coefficient (Wildman–Crippen LogP) is 2.98. The molecule has 2 aromatic carbocycles. The van der Waals surface area contributed by atoms with Crippen molar-refractivity contribution in [2.24, 2.45) is 0 Å². The van der Waals surface area contributed by atoms with Crippen molar-refractivity contribution < 1.29 is 14.3 Å². The molecule has 1 amide bonds. The smallest absolute Gasteiger partial charge is 0.262 e. The number of allylic oxidation sites excluding steroid dienone is 1. The number of rotatable bonds is 4. The van der Waals surface area contributed by atoms with E-state index >= 15 is 0 Å². The van der Waals surface area contributed by atoms with Gasteiger partial charge in [-0.1, -0.05) is 18.2 Å². The van der Waals surface area contributed by atoms with Gasteiger partial charge >= 0.3 is 0 Å². The summed E-state index contributed by atoms with van der Waals surface area (Å²) in [4.78, 5) is 25.7. The first-order valence-electron chi connectivity index (χ1n) is 7.59. The van der Waals surface area contributed by atoms with Gasteiger partial charge in [0.2, 0.25) is 0 Å². The number of carbonyl (C=O) groups is 2. The zero-order chi connectivity index (χ0) is 17.1. The highest BCUT2D eigenvalue weighted by molar-refractivity contribution is 6.08. The summed E-state index contributed by atoms with van der Waals surface area (Å²) >= 11 is 0. The van der Waals surface area contributed by atoms with Gasteiger partial charge in [0.1, 0.15) is 5.75 Å². The maximum absolute atomic E-state index is 12.3. The second kappa shape index (κ2) is 6.58. The zero-order valence-electron chi connectivity index (χ0n) is 13.6. The third-order valence-corrected chi connectivity index (χ3v) is 3.73. The number of hydrogen-bond acceptors (Lipinski definition) is 4. The summed E-state index contributed by atoms with van der Waals surface area (Å²) in [7, 11) is 3.96. The molecule has 5 nitrogen and oxygen atoms in total. The third-order valence-electron chi connectivity index (χ3n) is 3.73. The molecular weight excluding hydrogens is 304 g/mol. The molecule has 0 unspecified atom stereocenters. The number of anilines is 2. The number of nitrogens with one attached hydrogen (secondary N) is 1. The molecule has 2 aromatic rings. The first-order valence-corrected chi connectivity index (χ1v) is 7.59. The van der Waals surface area contributed by atoms with Crippen LogP contribution in [0.25, 0.3) is 6.08 Å². The van der Waals surface area contributed by atoms with Crippen molar-refractivity contribution in [1.82, 2.24) is 0 Å². The van der Waals surface area contributed by atoms with E-state index in [4.69, 9.17) is 4.74 Å². The Bertz CT molecular complexity index is 808. The van der Waals surface area contributed by atoms with Gasteiger partial charge in [-0.25, -0.2) is 0 Å². The van der Waals surface area contributed by atoms with Gasteiger partial charge in [0.05, 0.1) is 5.69 Å². The van der Waals surface area contributed by atoms with Crippen molar-refractivity contribution >= 4 is 29.1 Å². The molecule has 0 spiro atoms. The molecule has 5 heteroatoms. The van der Waals surface area contributed by atoms with Gasteiger partial charge in [-0.2, -0.15) is 0 Å². The molecule has 0 saturated carbocycles. The molecule has 0 bridgehead atoms. The van der Waals surface area contributed by atoms with Gasteiger partial charge < -0.3 is 15.0 Å². The Labute approximate surface area is 140 Å². The molecule has 0 aromatic heterocycles. The third kappa shape index (κ3) is 3.46. The number of carbonyl (C=O) groups excluding carboxylic acids is 2. The molecule has 1 N–H and O–H groups in total. The highest BCUT2D eigenvalue weighted by Gasteiger charge is 2.17. The Balaban J connectivity index is 1.75. The molecule has 1 aliphatic heterocycles. The summed E-state index contributed by atoms with van der Waals surface area (Å²) in [5, 5.41) is 2.70. The van der Waals surface area contributed by atoms with Crippen molar-refractivity contribution in [2.45, 2.75) is 0 Å². The number of benzene rings is 2. The van der Waals surface area contributed by atoms with Crippen LogP contribution in [0.4, 0.5) is 11.4 Å². The second-order valence-electron chi connectivity index (χ2n) is 5.73. The molecule has 0 fully saturated rings. The Morgan fingerprint density at radius 2 is 1.92 bits per heavy atom. The summed E-state index contributed by atoms with van der Waals surface area (Å²) in [5.74, 6) is 0.229. The molecule has 1 aliphatic rings. The van der Waals surface area contributed by atoms with E-state index < -0.39 is 0 Å². The predicted molar refractivity (Wildman–Crippen MR) is 94.7 cm³/mol. The van der Waals surface area contributed by atoms with Crippen LogP contribution in [0.15, 0.2) is 48.5 Å². The van der Waals surface area contributed by atoms with E-state index in [2.05, 4.69) is 5.32 Å². The van der Waals surface area contributed by atoms with Gasteiger partial charge in [0.25, 0.3) is 5.91 Å². The van der Waals surface area contributed by atoms with Crippen molar-refractivity contribution in [1.29, 1.82) is 0 Å². The van der Waals surface area contributed by atoms with Crippen LogP contribution in [-0.2, 0) is 4.79 Å². The lowest BCUT2D eigenvalue weighted by Gasteiger charge is -2.17. The summed E-state index contributed by atoms with van der Waals surface area (Å²) in [6.45, 7) is 0.00311. The Hall–Kier alpha value is -3.08. The Kier molecular flexibility index (Phi) is 4.33. The maximum atomic E-state index is 12.3. The quantitative estimate of drug-likeness (QED) is 0.694. The first-order chi connectivity index (χ1) is 11.5. The number of amides is 1. The largest absolute Gasteiger partial charge is 0.482 e. The molecule has 0 atom stereocenters. The molecule has 0 aliphatic carbocycles. The number of ketones is 1. The van der Waals surface area contributed by atoms with Gasteiger partial charge in [-0.15, -0.1) is 0 Å². The van der Waals surface area contributed by atoms with Gasteiger partial charge in [-0.05, 0) is 42.0 Å². The molecule has 0 radical (unpaired) electrons. The summed E-state index contributed by atoms with van der Waals surface area (Å²) in [6.07, 6.45) is 3.30. The number of ether oxygens (including phenoxy) is 1. The number of hydrogen-bond donors (Lipinski definition) is 1. The van der Waals surface area contributed by atoms with Crippen LogP contribution >= 0.6 is 0 Å². The fourth-order valence-electron chi connectivity index (χ4n) is 2.39. The minimum Gasteiger partial charge on any atom is -0.482 e. The lowest BCUT2D eigenvalue weighted by molar-refractivity contribution is -0.118. The van der Waals surface area contributed by atoms with Crippen molar-refractivity contribution in [3.05, 3.63) is 59.7 Å². The van der Waals surface area contributed by atoms with E-state index in [0.717, 1.165) is 11.3 Å². The second-order valence-corrected chi connectivity index (χ2v) is 5.73. The Morgan fingerprint density at radius 3 is 2.62 bits per heavy atom. The van der Waals surface area contributed by atoms with Gasteiger partial charge in [-0.3, -0.25) is 9.59 Å². The standard InChI is InChI=1S/C19H18N2O3/c1-21(2)15-7-3-13(4-8-15)5-9-17(22)14-6-10-18-16(11-14)20-19(23)12-24-18/h3-11H,12H2,1-2H3,(H,20,23)/b9-5+. The van der Waals surface area contributed by atoms with Crippen LogP contribution in [0, 0.1) is 0 Å². The molecule has 122 valence electrons. The molecule has 3 rings (SSSR count). The van der Waals surface area contributed by atoms with Crippen LogP contribution in [-0.4, -0.2) is 32.4 Å². The van der Waals surface area contributed by atoms with E-state index in [9.17, 15) is 9.59 Å². The minimum absolute atomic E-state index is 0.00311. The van der Waals surface area contributed by atoms with Crippen LogP contribution in [0.2, 0.25) is 0 Å². The normalized spacial score (nSPS) is 13.2. The fourth-order valence-corrected chi connectivity index (χ4v) is 2.39. The highest BCUT2D eigenvalue weighted by atomic mass is 16.5. The Morgan fingerprint density at radius 1 is 1.17 bits per heavy atom. The fraction of sp³-hybridized carbons (Fsp3) is 0.158. The van der Waals surface area contributed by atoms with Crippen LogP contribution in [0.5, 0.6) is 5.75 Å². The average Bonchev–Trinajstić information content (AvgIpc) is 2.59. The summed E-state index contributed by atoms with van der Waals surface area (Å²) < 4.78 is 5.28. The molecule has 1 heterocycles. The van der Waals surface area contributed by atoms with Crippen molar-refractivity contribution in [2.75, 3.05) is 30.9 Å². The number of nitrogens with zero attached hydrogens (tertiary/aromatic N) is 1. The van der Waals surface area contributed by atoms with E-state index in [1.807, 2.05) is 43.3 Å². The monoisotopic (exact) mass is 322 g/mol. The van der Waals surface area contributed by atoms with Crippen LogP contribution in [0.1, 0.15) is 15.9 Å². The van der Waals surface area contributed by atoms with Crippen molar-refractivity contribution in [3.63, 3.8) is 0 Å². The molecule has 0 saturated heterocycles. The summed E-state index contributed by atoms with van der Waals surface area (Å²) in [5.41, 5.74) is 3.08. The summed E-state index contributed by atoms with van der Waals surface area (Å²) in [6, 6.07) is 12.9. The zero-order valence-corrected chi connectivity index (χ0v) is 13.6. The lowest BCUT2D eigenvalue weighted by atomic mass is 10.1. The van der Waals surface area contributed by atoms with Crippen molar-refractivity contribution in [3.8, 4) is 5.75 Å². The van der Waals surface area contributed by atoms with Gasteiger partial charge in [0.15, 0.2) is 12.4 Å². The van der Waals surface area contributed by atoms with E-state index in [0.29, 0.717) is 17.0 Å². The van der Waals surface area contributed by atoms with Crippen LogP contribution < -0.4 is 15.0 Å².